The summed E-state index contributed by atoms with van der Waals surface area (Å²) in [4.78, 5) is 9.60. The van der Waals surface area contributed by atoms with Gasteiger partial charge in [0.05, 0.1) is 23.0 Å². The first kappa shape index (κ1) is 11.8. The number of nitrogens with zero attached hydrogens (tertiary/aromatic N) is 2. The molecule has 0 radical (unpaired) electrons. The van der Waals surface area contributed by atoms with Crippen molar-refractivity contribution in [2.45, 2.75) is 6.42 Å². The summed E-state index contributed by atoms with van der Waals surface area (Å²) in [6, 6.07) is 3.06. The van der Waals surface area contributed by atoms with Gasteiger partial charge in [0.2, 0.25) is 5.82 Å². The standard InChI is InChI=1S/C10H6F2N2O2/c11-8-5-7(3-1-2-4-13)10(14(15)16)9(12)6-8/h1,3,5-6H,2H2. The van der Waals surface area contributed by atoms with Crippen molar-refractivity contribution in [2.24, 2.45) is 0 Å². The molecule has 1 aromatic carbocycles. The molecule has 0 N–H and O–H groups in total. The van der Waals surface area contributed by atoms with Gasteiger partial charge in [0.25, 0.3) is 0 Å². The average molecular weight is 224 g/mol. The van der Waals surface area contributed by atoms with Gasteiger partial charge in [-0.15, -0.1) is 0 Å². The Hall–Kier alpha value is -2.29. The van der Waals surface area contributed by atoms with Crippen LogP contribution >= 0.6 is 0 Å². The van der Waals surface area contributed by atoms with E-state index in [1.165, 1.54) is 6.08 Å². The van der Waals surface area contributed by atoms with Crippen molar-refractivity contribution in [1.29, 1.82) is 5.26 Å². The maximum absolute atomic E-state index is 13.1. The third kappa shape index (κ3) is 2.60. The van der Waals surface area contributed by atoms with E-state index < -0.39 is 22.2 Å². The lowest BCUT2D eigenvalue weighted by Crippen LogP contribution is -1.97. The number of halogens is 2. The third-order valence-corrected chi connectivity index (χ3v) is 1.75. The van der Waals surface area contributed by atoms with Gasteiger partial charge in [-0.2, -0.15) is 9.65 Å². The van der Waals surface area contributed by atoms with Gasteiger partial charge in [-0.1, -0.05) is 12.2 Å². The molecule has 6 heteroatoms. The molecule has 82 valence electrons. The number of nitro groups is 1. The summed E-state index contributed by atoms with van der Waals surface area (Å²) >= 11 is 0. The number of hydrogen-bond acceptors (Lipinski definition) is 3. The SMILES string of the molecule is N#CCC=Cc1cc(F)cc(F)c1[N+](=O)[O-]. The molecule has 0 fully saturated rings. The summed E-state index contributed by atoms with van der Waals surface area (Å²) in [6.07, 6.45) is 2.45. The van der Waals surface area contributed by atoms with Crippen LogP contribution in [0.4, 0.5) is 14.5 Å². The Balaban J connectivity index is 3.25. The minimum absolute atomic E-state index is 0.00921. The Morgan fingerprint density at radius 2 is 2.19 bits per heavy atom. The second-order valence-electron chi connectivity index (χ2n) is 2.85. The van der Waals surface area contributed by atoms with Crippen LogP contribution in [0.1, 0.15) is 12.0 Å². The van der Waals surface area contributed by atoms with Crippen molar-refractivity contribution in [2.75, 3.05) is 0 Å². The van der Waals surface area contributed by atoms with Crippen molar-refractivity contribution in [3.8, 4) is 6.07 Å². The summed E-state index contributed by atoms with van der Waals surface area (Å²) in [6.45, 7) is 0. The van der Waals surface area contributed by atoms with Crippen molar-refractivity contribution in [3.63, 3.8) is 0 Å². The fraction of sp³-hybridized carbons (Fsp3) is 0.100. The molecule has 0 spiro atoms. The van der Waals surface area contributed by atoms with E-state index in [1.54, 1.807) is 6.07 Å². The van der Waals surface area contributed by atoms with Gasteiger partial charge in [0.15, 0.2) is 0 Å². The first-order valence-corrected chi connectivity index (χ1v) is 4.23. The molecule has 16 heavy (non-hydrogen) atoms. The topological polar surface area (TPSA) is 66.9 Å². The zero-order valence-electron chi connectivity index (χ0n) is 7.98. The minimum atomic E-state index is -1.23. The quantitative estimate of drug-likeness (QED) is 0.585. The summed E-state index contributed by atoms with van der Waals surface area (Å²) in [5.41, 5.74) is -0.992. The first-order chi connectivity index (χ1) is 7.56. The smallest absolute Gasteiger partial charge is 0.258 e. The number of nitro benzene ring substituents is 1. The highest BCUT2D eigenvalue weighted by Gasteiger charge is 2.19. The molecule has 0 atom stereocenters. The van der Waals surface area contributed by atoms with Gasteiger partial charge in [-0.05, 0) is 6.07 Å². The number of nitriles is 1. The molecule has 4 nitrogen and oxygen atoms in total. The molecule has 0 saturated heterocycles. The molecule has 1 rings (SSSR count). The van der Waals surface area contributed by atoms with E-state index in [0.717, 1.165) is 12.1 Å². The molecule has 0 aliphatic carbocycles. The highest BCUT2D eigenvalue weighted by Crippen LogP contribution is 2.25. The van der Waals surface area contributed by atoms with Crippen LogP contribution in [-0.2, 0) is 0 Å². The maximum atomic E-state index is 13.1. The average Bonchev–Trinajstić information content (AvgIpc) is 2.16. The summed E-state index contributed by atoms with van der Waals surface area (Å²) in [7, 11) is 0. The summed E-state index contributed by atoms with van der Waals surface area (Å²) in [5.74, 6) is -2.14. The van der Waals surface area contributed by atoms with E-state index in [2.05, 4.69) is 0 Å². The van der Waals surface area contributed by atoms with E-state index in [9.17, 15) is 18.9 Å². The molecule has 0 heterocycles. The van der Waals surface area contributed by atoms with Crippen LogP contribution in [0.5, 0.6) is 0 Å². The van der Waals surface area contributed by atoms with E-state index >= 15 is 0 Å². The van der Waals surface area contributed by atoms with Crippen molar-refractivity contribution < 1.29 is 13.7 Å². The lowest BCUT2D eigenvalue weighted by Gasteiger charge is -1.99. The van der Waals surface area contributed by atoms with E-state index in [4.69, 9.17) is 5.26 Å². The molecule has 0 aliphatic rings. The van der Waals surface area contributed by atoms with Gasteiger partial charge in [-0.25, -0.2) is 4.39 Å². The number of benzene rings is 1. The number of rotatable bonds is 3. The number of allylic oxidation sites excluding steroid dienone is 1. The monoisotopic (exact) mass is 224 g/mol. The van der Waals surface area contributed by atoms with Crippen molar-refractivity contribution in [3.05, 3.63) is 45.5 Å². The molecule has 0 amide bonds. The van der Waals surface area contributed by atoms with Gasteiger partial charge in [-0.3, -0.25) is 10.1 Å². The van der Waals surface area contributed by atoms with Crippen LogP contribution < -0.4 is 0 Å². The zero-order chi connectivity index (χ0) is 12.1. The highest BCUT2D eigenvalue weighted by molar-refractivity contribution is 5.61. The van der Waals surface area contributed by atoms with Gasteiger partial charge >= 0.3 is 5.69 Å². The van der Waals surface area contributed by atoms with Crippen LogP contribution in [0.15, 0.2) is 18.2 Å². The molecular weight excluding hydrogens is 218 g/mol. The fourth-order valence-electron chi connectivity index (χ4n) is 1.14. The molecule has 0 saturated carbocycles. The first-order valence-electron chi connectivity index (χ1n) is 4.23. The van der Waals surface area contributed by atoms with E-state index in [-0.39, 0.29) is 12.0 Å². The third-order valence-electron chi connectivity index (χ3n) is 1.75. The van der Waals surface area contributed by atoms with Gasteiger partial charge < -0.3 is 0 Å². The Morgan fingerprint density at radius 3 is 2.75 bits per heavy atom. The van der Waals surface area contributed by atoms with Crippen LogP contribution in [0, 0.1) is 33.1 Å². The van der Waals surface area contributed by atoms with Crippen LogP contribution in [0.25, 0.3) is 6.08 Å². The summed E-state index contributed by atoms with van der Waals surface area (Å²) in [5, 5.41) is 18.8. The van der Waals surface area contributed by atoms with E-state index in [0.29, 0.717) is 6.07 Å². The second kappa shape index (κ2) is 4.98. The molecule has 1 aromatic rings. The van der Waals surface area contributed by atoms with Crippen LogP contribution in [0.3, 0.4) is 0 Å². The molecular formula is C10H6F2N2O2. The summed E-state index contributed by atoms with van der Waals surface area (Å²) < 4.78 is 25.9. The van der Waals surface area contributed by atoms with Gasteiger partial charge in [0, 0.05) is 6.07 Å². The largest absolute Gasteiger partial charge is 0.312 e. The molecule has 0 bridgehead atoms. The van der Waals surface area contributed by atoms with Gasteiger partial charge in [0.1, 0.15) is 5.82 Å². The maximum Gasteiger partial charge on any atom is 0.312 e. The number of hydrogen-bond donors (Lipinski definition) is 0. The second-order valence-corrected chi connectivity index (χ2v) is 2.85. The Labute approximate surface area is 89.6 Å². The minimum Gasteiger partial charge on any atom is -0.258 e. The predicted molar refractivity (Wildman–Crippen MR) is 52.3 cm³/mol. The molecule has 0 aromatic heterocycles. The van der Waals surface area contributed by atoms with Crippen molar-refractivity contribution in [1.82, 2.24) is 0 Å². The van der Waals surface area contributed by atoms with Crippen LogP contribution in [0.2, 0.25) is 0 Å². The Morgan fingerprint density at radius 1 is 1.50 bits per heavy atom. The normalized spacial score (nSPS) is 10.3. The predicted octanol–water partition coefficient (Wildman–Crippen LogP) is 2.80. The Bertz CT molecular complexity index is 492. The fourth-order valence-corrected chi connectivity index (χ4v) is 1.14. The lowest BCUT2D eigenvalue weighted by molar-refractivity contribution is -0.387. The molecule has 0 unspecified atom stereocenters. The van der Waals surface area contributed by atoms with E-state index in [1.807, 2.05) is 0 Å². The highest BCUT2D eigenvalue weighted by atomic mass is 19.1. The van der Waals surface area contributed by atoms with Crippen LogP contribution in [-0.4, -0.2) is 4.92 Å². The lowest BCUT2D eigenvalue weighted by atomic mass is 10.1. The Kier molecular flexibility index (Phi) is 3.67. The van der Waals surface area contributed by atoms with Crippen molar-refractivity contribution >= 4 is 11.8 Å². The molecule has 0 aliphatic heterocycles. The zero-order valence-corrected chi connectivity index (χ0v) is 7.98.